The first-order chi connectivity index (χ1) is 12.8. The summed E-state index contributed by atoms with van der Waals surface area (Å²) in [6.07, 6.45) is 1.13. The van der Waals surface area contributed by atoms with Crippen LogP contribution in [0.1, 0.15) is 30.3 Å². The number of alkyl halides is 3. The lowest BCUT2D eigenvalue weighted by molar-refractivity contribution is -0.145. The largest absolute Gasteiger partial charge is 0.452 e. The van der Waals surface area contributed by atoms with Gasteiger partial charge in [-0.15, -0.1) is 10.2 Å². The Balaban J connectivity index is 1.90. The number of benzene rings is 1. The van der Waals surface area contributed by atoms with Gasteiger partial charge in [-0.25, -0.2) is 0 Å². The van der Waals surface area contributed by atoms with Gasteiger partial charge in [-0.2, -0.15) is 13.2 Å². The highest BCUT2D eigenvalue weighted by atomic mass is 19.4. The first kappa shape index (κ1) is 17.3. The second-order valence-electron chi connectivity index (χ2n) is 6.86. The highest BCUT2D eigenvalue weighted by Crippen LogP contribution is 2.44. The molecule has 138 valence electrons. The van der Waals surface area contributed by atoms with Gasteiger partial charge >= 0.3 is 6.18 Å². The van der Waals surface area contributed by atoms with Crippen molar-refractivity contribution in [3.8, 4) is 0 Å². The molecule has 2 heterocycles. The van der Waals surface area contributed by atoms with E-state index in [1.165, 1.54) is 6.20 Å². The monoisotopic (exact) mass is 370 g/mol. The second kappa shape index (κ2) is 5.97. The zero-order valence-electron chi connectivity index (χ0n) is 14.5. The van der Waals surface area contributed by atoms with Gasteiger partial charge in [0.1, 0.15) is 0 Å². The first-order valence-corrected chi connectivity index (χ1v) is 8.44. The van der Waals surface area contributed by atoms with Crippen molar-refractivity contribution < 1.29 is 13.2 Å². The second-order valence-corrected chi connectivity index (χ2v) is 6.86. The average molecular weight is 370 g/mol. The summed E-state index contributed by atoms with van der Waals surface area (Å²) in [6, 6.07) is 13.1. The van der Waals surface area contributed by atoms with Gasteiger partial charge < -0.3 is 5.73 Å². The summed E-state index contributed by atoms with van der Waals surface area (Å²) in [5.74, 6) is -1.03. The Morgan fingerprint density at radius 3 is 2.48 bits per heavy atom. The molecule has 0 spiro atoms. The SMILES string of the molecule is CC1(c2ccccc2)CC(N)=CC=C1c1ccc2nnc(C(F)(F)F)n2c1. The topological polar surface area (TPSA) is 56.2 Å². The Morgan fingerprint density at radius 1 is 1.04 bits per heavy atom. The number of rotatable bonds is 2. The van der Waals surface area contributed by atoms with Gasteiger partial charge in [-0.3, -0.25) is 4.40 Å². The van der Waals surface area contributed by atoms with Gasteiger partial charge in [-0.05, 0) is 34.9 Å². The summed E-state index contributed by atoms with van der Waals surface area (Å²) in [6.45, 7) is 2.05. The van der Waals surface area contributed by atoms with Crippen LogP contribution in [-0.2, 0) is 11.6 Å². The number of hydrogen-bond donors (Lipinski definition) is 1. The van der Waals surface area contributed by atoms with Crippen LogP contribution in [0.4, 0.5) is 13.2 Å². The van der Waals surface area contributed by atoms with Crippen molar-refractivity contribution in [1.82, 2.24) is 14.6 Å². The van der Waals surface area contributed by atoms with Gasteiger partial charge in [0.2, 0.25) is 5.82 Å². The van der Waals surface area contributed by atoms with E-state index in [1.54, 1.807) is 18.2 Å². The molecule has 4 nitrogen and oxygen atoms in total. The van der Waals surface area contributed by atoms with E-state index in [0.29, 0.717) is 12.0 Å². The van der Waals surface area contributed by atoms with Crippen LogP contribution < -0.4 is 5.73 Å². The number of fused-ring (bicyclic) bond motifs is 1. The standard InChI is InChI=1S/C20H17F3N4/c1-19(14-5-3-2-4-6-14)11-15(24)8-9-16(19)13-7-10-17-25-26-18(20(21,22)23)27(17)12-13/h2-10,12H,11,24H2,1H3. The molecule has 7 heteroatoms. The van der Waals surface area contributed by atoms with Gasteiger partial charge in [0, 0.05) is 23.7 Å². The summed E-state index contributed by atoms with van der Waals surface area (Å²) in [5, 5.41) is 6.92. The maximum atomic E-state index is 13.2. The van der Waals surface area contributed by atoms with Crippen LogP contribution in [0.3, 0.4) is 0 Å². The zero-order chi connectivity index (χ0) is 19.2. The fourth-order valence-electron chi connectivity index (χ4n) is 3.66. The molecule has 1 unspecified atom stereocenters. The van der Waals surface area contributed by atoms with Crippen LogP contribution in [0, 0.1) is 0 Å². The molecule has 2 aromatic heterocycles. The molecular formula is C20H17F3N4. The van der Waals surface area contributed by atoms with Crippen molar-refractivity contribution in [1.29, 1.82) is 0 Å². The van der Waals surface area contributed by atoms with Crippen molar-refractivity contribution in [2.75, 3.05) is 0 Å². The molecule has 0 amide bonds. The third kappa shape index (κ3) is 2.89. The molecule has 1 aliphatic rings. The van der Waals surface area contributed by atoms with Crippen LogP contribution in [0.25, 0.3) is 11.2 Å². The Kier molecular flexibility index (Phi) is 3.83. The number of nitrogens with zero attached hydrogens (tertiary/aromatic N) is 3. The van der Waals surface area contributed by atoms with Crippen molar-refractivity contribution in [3.05, 3.63) is 83.5 Å². The number of aromatic nitrogens is 3. The zero-order valence-corrected chi connectivity index (χ0v) is 14.5. The maximum absolute atomic E-state index is 13.2. The molecule has 4 rings (SSSR count). The highest BCUT2D eigenvalue weighted by molar-refractivity contribution is 5.78. The fraction of sp³-hybridized carbons (Fsp3) is 0.200. The van der Waals surface area contributed by atoms with Crippen LogP contribution in [0.2, 0.25) is 0 Å². The van der Waals surface area contributed by atoms with E-state index in [4.69, 9.17) is 5.73 Å². The molecule has 0 fully saturated rings. The smallest absolute Gasteiger partial charge is 0.402 e. The van der Waals surface area contributed by atoms with Crippen LogP contribution in [0.15, 0.2) is 66.5 Å². The maximum Gasteiger partial charge on any atom is 0.452 e. The predicted octanol–water partition coefficient (Wildman–Crippen LogP) is 4.34. The van der Waals surface area contributed by atoms with Crippen molar-refractivity contribution in [3.63, 3.8) is 0 Å². The number of halogens is 3. The highest BCUT2D eigenvalue weighted by Gasteiger charge is 2.38. The Labute approximate surface area is 153 Å². The van der Waals surface area contributed by atoms with E-state index < -0.39 is 17.4 Å². The molecular weight excluding hydrogens is 353 g/mol. The quantitative estimate of drug-likeness (QED) is 0.730. The molecule has 3 aromatic rings. The van der Waals surface area contributed by atoms with E-state index in [-0.39, 0.29) is 5.65 Å². The third-order valence-corrected chi connectivity index (χ3v) is 4.99. The summed E-state index contributed by atoms with van der Waals surface area (Å²) in [5.41, 5.74) is 9.12. The van der Waals surface area contributed by atoms with Gasteiger partial charge in [0.25, 0.3) is 0 Å². The Hall–Kier alpha value is -3.09. The third-order valence-electron chi connectivity index (χ3n) is 4.99. The lowest BCUT2D eigenvalue weighted by atomic mass is 9.68. The molecule has 1 atom stereocenters. The van der Waals surface area contributed by atoms with Crippen molar-refractivity contribution >= 4 is 11.2 Å². The minimum atomic E-state index is -4.58. The van der Waals surface area contributed by atoms with Crippen LogP contribution in [0.5, 0.6) is 0 Å². The fourth-order valence-corrected chi connectivity index (χ4v) is 3.66. The Morgan fingerprint density at radius 2 is 1.78 bits per heavy atom. The number of nitrogens with two attached hydrogens (primary N) is 1. The van der Waals surface area contributed by atoms with Gasteiger partial charge in [0.05, 0.1) is 0 Å². The summed E-state index contributed by atoms with van der Waals surface area (Å²) in [7, 11) is 0. The minimum absolute atomic E-state index is 0.152. The predicted molar refractivity (Wildman–Crippen MR) is 96.6 cm³/mol. The van der Waals surface area contributed by atoms with E-state index >= 15 is 0 Å². The molecule has 27 heavy (non-hydrogen) atoms. The van der Waals surface area contributed by atoms with Crippen molar-refractivity contribution in [2.45, 2.75) is 24.9 Å². The minimum Gasteiger partial charge on any atom is -0.402 e. The molecule has 0 saturated carbocycles. The summed E-state index contributed by atoms with van der Waals surface area (Å²) in [4.78, 5) is 0. The van der Waals surface area contributed by atoms with Crippen LogP contribution >= 0.6 is 0 Å². The number of allylic oxidation sites excluding steroid dienone is 4. The molecule has 0 saturated heterocycles. The molecule has 0 bridgehead atoms. The number of pyridine rings is 1. The molecule has 2 N–H and O–H groups in total. The van der Waals surface area contributed by atoms with E-state index in [0.717, 1.165) is 21.2 Å². The van der Waals surface area contributed by atoms with Crippen LogP contribution in [-0.4, -0.2) is 14.6 Å². The molecule has 0 aliphatic heterocycles. The van der Waals surface area contributed by atoms with Crippen molar-refractivity contribution in [2.24, 2.45) is 5.73 Å². The lowest BCUT2D eigenvalue weighted by Gasteiger charge is -2.36. The molecule has 0 radical (unpaired) electrons. The van der Waals surface area contributed by atoms with Gasteiger partial charge in [0.15, 0.2) is 5.65 Å². The normalized spacial score (nSPS) is 20.4. The van der Waals surface area contributed by atoms with E-state index in [1.807, 2.05) is 36.4 Å². The van der Waals surface area contributed by atoms with E-state index in [9.17, 15) is 13.2 Å². The first-order valence-electron chi connectivity index (χ1n) is 8.44. The Bertz CT molecular complexity index is 1060. The molecule has 1 aliphatic carbocycles. The summed E-state index contributed by atoms with van der Waals surface area (Å²) >= 11 is 0. The number of hydrogen-bond acceptors (Lipinski definition) is 3. The van der Waals surface area contributed by atoms with Gasteiger partial charge in [-0.1, -0.05) is 43.3 Å². The average Bonchev–Trinajstić information content (AvgIpc) is 3.06. The molecule has 1 aromatic carbocycles. The summed E-state index contributed by atoms with van der Waals surface area (Å²) < 4.78 is 40.7. The lowest BCUT2D eigenvalue weighted by Crippen LogP contribution is -2.28. The van der Waals surface area contributed by atoms with E-state index in [2.05, 4.69) is 17.1 Å².